The zero-order valence-corrected chi connectivity index (χ0v) is 19.8. The first-order valence-corrected chi connectivity index (χ1v) is 12.2. The minimum absolute atomic E-state index is 0.160. The number of carbonyl (C=O) groups is 1. The molecule has 0 amide bonds. The lowest BCUT2D eigenvalue weighted by atomic mass is 9.87. The van der Waals surface area contributed by atoms with E-state index in [1.54, 1.807) is 30.5 Å². The van der Waals surface area contributed by atoms with E-state index in [2.05, 4.69) is 16.8 Å². The number of esters is 1. The van der Waals surface area contributed by atoms with Crippen molar-refractivity contribution in [3.05, 3.63) is 108 Å². The summed E-state index contributed by atoms with van der Waals surface area (Å²) in [5.41, 5.74) is 4.41. The van der Waals surface area contributed by atoms with Gasteiger partial charge in [0, 0.05) is 22.6 Å². The van der Waals surface area contributed by atoms with Crippen molar-refractivity contribution in [3.63, 3.8) is 0 Å². The molecule has 4 aromatic rings. The van der Waals surface area contributed by atoms with Crippen LogP contribution in [0.15, 0.2) is 79.5 Å². The molecular weight excluding hydrogens is 467 g/mol. The van der Waals surface area contributed by atoms with Gasteiger partial charge in [0.15, 0.2) is 11.1 Å². The lowest BCUT2D eigenvalue weighted by Crippen LogP contribution is -2.06. The zero-order valence-electron chi connectivity index (χ0n) is 19.0. The molecular formula is C27H23FN2O4S. The summed E-state index contributed by atoms with van der Waals surface area (Å²) in [5.74, 6) is -0.953. The third-order valence-corrected chi connectivity index (χ3v) is 6.15. The lowest BCUT2D eigenvalue weighted by Gasteiger charge is -2.19. The summed E-state index contributed by atoms with van der Waals surface area (Å²) in [6.45, 7) is 5.39. The molecule has 8 heteroatoms. The SMILES string of the molecule is C=CC(=O)Oc1ccccc1/C(=C(\CC)c1ccc(CS(=O)O)cc1F)c1ccc2[nH]ncc2c1. The van der Waals surface area contributed by atoms with Gasteiger partial charge in [0.25, 0.3) is 0 Å². The van der Waals surface area contributed by atoms with Crippen LogP contribution < -0.4 is 4.74 Å². The fourth-order valence-corrected chi connectivity index (χ4v) is 4.51. The van der Waals surface area contributed by atoms with Crippen LogP contribution >= 0.6 is 0 Å². The van der Waals surface area contributed by atoms with Gasteiger partial charge in [-0.3, -0.25) is 5.10 Å². The van der Waals surface area contributed by atoms with Crippen LogP contribution in [0.3, 0.4) is 0 Å². The van der Waals surface area contributed by atoms with E-state index in [-0.39, 0.29) is 5.75 Å². The van der Waals surface area contributed by atoms with E-state index in [0.29, 0.717) is 40.0 Å². The number of fused-ring (bicyclic) bond motifs is 1. The number of aromatic amines is 1. The highest BCUT2D eigenvalue weighted by molar-refractivity contribution is 7.78. The van der Waals surface area contributed by atoms with Crippen LogP contribution in [-0.2, 0) is 21.6 Å². The Morgan fingerprint density at radius 1 is 1.17 bits per heavy atom. The molecule has 1 heterocycles. The molecule has 0 fully saturated rings. The topological polar surface area (TPSA) is 92.3 Å². The van der Waals surface area contributed by atoms with Crippen molar-refractivity contribution in [1.29, 1.82) is 0 Å². The molecule has 35 heavy (non-hydrogen) atoms. The van der Waals surface area contributed by atoms with Crippen molar-refractivity contribution in [2.75, 3.05) is 0 Å². The van der Waals surface area contributed by atoms with Crippen LogP contribution in [0.2, 0.25) is 0 Å². The van der Waals surface area contributed by atoms with Crippen LogP contribution in [-0.4, -0.2) is 24.9 Å². The van der Waals surface area contributed by atoms with Gasteiger partial charge in [-0.1, -0.05) is 49.9 Å². The number of allylic oxidation sites excluding steroid dienone is 1. The minimum atomic E-state index is -2.08. The monoisotopic (exact) mass is 490 g/mol. The number of rotatable bonds is 8. The van der Waals surface area contributed by atoms with Gasteiger partial charge in [-0.15, -0.1) is 0 Å². The van der Waals surface area contributed by atoms with E-state index >= 15 is 4.39 Å². The summed E-state index contributed by atoms with van der Waals surface area (Å²) in [5, 5.41) is 7.88. The molecule has 0 saturated heterocycles. The quantitative estimate of drug-likeness (QED) is 0.106. The molecule has 0 aliphatic carbocycles. The normalized spacial score (nSPS) is 12.8. The Balaban J connectivity index is 1.99. The van der Waals surface area contributed by atoms with E-state index in [1.807, 2.05) is 37.3 Å². The van der Waals surface area contributed by atoms with Crippen LogP contribution in [0.5, 0.6) is 5.75 Å². The zero-order chi connectivity index (χ0) is 24.9. The number of para-hydroxylation sites is 1. The maximum atomic E-state index is 15.4. The predicted octanol–water partition coefficient (Wildman–Crippen LogP) is 5.88. The maximum absolute atomic E-state index is 15.4. The highest BCUT2D eigenvalue weighted by Crippen LogP contribution is 2.40. The highest BCUT2D eigenvalue weighted by Gasteiger charge is 2.20. The van der Waals surface area contributed by atoms with Crippen molar-refractivity contribution >= 4 is 39.1 Å². The van der Waals surface area contributed by atoms with Crippen LogP contribution in [0.1, 0.15) is 35.6 Å². The lowest BCUT2D eigenvalue weighted by molar-refractivity contribution is -0.128. The smallest absolute Gasteiger partial charge is 0.335 e. The van der Waals surface area contributed by atoms with Crippen LogP contribution in [0.4, 0.5) is 4.39 Å². The Kier molecular flexibility index (Phi) is 7.33. The summed E-state index contributed by atoms with van der Waals surface area (Å²) < 4.78 is 41.3. The maximum Gasteiger partial charge on any atom is 0.335 e. The van der Waals surface area contributed by atoms with Gasteiger partial charge in [-0.05, 0) is 53.0 Å². The third-order valence-electron chi connectivity index (χ3n) is 5.57. The van der Waals surface area contributed by atoms with Crippen molar-refractivity contribution < 1.29 is 22.7 Å². The molecule has 3 aromatic carbocycles. The average Bonchev–Trinajstić information content (AvgIpc) is 3.31. The number of carbonyl (C=O) groups excluding carboxylic acids is 1. The molecule has 0 radical (unpaired) electrons. The summed E-state index contributed by atoms with van der Waals surface area (Å²) in [6, 6.07) is 17.3. The number of nitrogens with one attached hydrogen (secondary N) is 1. The molecule has 4 rings (SSSR count). The molecule has 1 unspecified atom stereocenters. The van der Waals surface area contributed by atoms with Gasteiger partial charge < -0.3 is 9.29 Å². The standard InChI is InChI=1S/C27H23FN2O4S/c1-3-20(21-11-9-17(13-23(21)28)16-35(32)33)27(18-10-12-24-19(14-18)15-29-30-24)22-7-5-6-8-25(22)34-26(31)4-2/h4-15H,2-3,16H2,1H3,(H,29,30)(H,32,33)/b27-20+. The van der Waals surface area contributed by atoms with Crippen molar-refractivity contribution in [2.45, 2.75) is 19.1 Å². The van der Waals surface area contributed by atoms with Gasteiger partial charge in [0.2, 0.25) is 0 Å². The highest BCUT2D eigenvalue weighted by atomic mass is 32.2. The Morgan fingerprint density at radius 3 is 2.69 bits per heavy atom. The largest absolute Gasteiger partial charge is 0.423 e. The molecule has 1 atom stereocenters. The van der Waals surface area contributed by atoms with Gasteiger partial charge in [0.05, 0.1) is 17.5 Å². The second-order valence-electron chi connectivity index (χ2n) is 7.78. The Bertz CT molecular complexity index is 1480. The number of benzene rings is 3. The van der Waals surface area contributed by atoms with Crippen LogP contribution in [0.25, 0.3) is 22.0 Å². The first-order valence-electron chi connectivity index (χ1n) is 10.9. The summed E-state index contributed by atoms with van der Waals surface area (Å²) >= 11 is -2.08. The molecule has 0 saturated carbocycles. The van der Waals surface area contributed by atoms with Gasteiger partial charge in [-0.25, -0.2) is 13.4 Å². The number of ether oxygens (including phenoxy) is 1. The molecule has 6 nitrogen and oxygen atoms in total. The third kappa shape index (κ3) is 5.29. The number of halogens is 1. The van der Waals surface area contributed by atoms with Gasteiger partial charge in [0.1, 0.15) is 11.6 Å². The van der Waals surface area contributed by atoms with Crippen molar-refractivity contribution in [2.24, 2.45) is 0 Å². The minimum Gasteiger partial charge on any atom is -0.423 e. The Hall–Kier alpha value is -3.88. The van der Waals surface area contributed by atoms with E-state index in [0.717, 1.165) is 22.5 Å². The number of hydrogen-bond acceptors (Lipinski definition) is 4. The molecule has 0 aliphatic rings. The first-order chi connectivity index (χ1) is 16.9. The number of H-pyrrole nitrogens is 1. The molecule has 1 aromatic heterocycles. The first kappa shape index (κ1) is 24.3. The Morgan fingerprint density at radius 2 is 1.97 bits per heavy atom. The van der Waals surface area contributed by atoms with Crippen LogP contribution in [0, 0.1) is 5.82 Å². The van der Waals surface area contributed by atoms with E-state index in [4.69, 9.17) is 4.74 Å². The number of nitrogens with zero attached hydrogens (tertiary/aromatic N) is 1. The predicted molar refractivity (Wildman–Crippen MR) is 135 cm³/mol. The molecule has 0 bridgehead atoms. The summed E-state index contributed by atoms with van der Waals surface area (Å²) in [4.78, 5) is 12.0. The van der Waals surface area contributed by atoms with Gasteiger partial charge >= 0.3 is 5.97 Å². The van der Waals surface area contributed by atoms with Gasteiger partial charge in [-0.2, -0.15) is 5.10 Å². The van der Waals surface area contributed by atoms with Crippen molar-refractivity contribution in [3.8, 4) is 5.75 Å². The number of aromatic nitrogens is 2. The molecule has 2 N–H and O–H groups in total. The molecule has 178 valence electrons. The van der Waals surface area contributed by atoms with E-state index in [9.17, 15) is 13.6 Å². The van der Waals surface area contributed by atoms with Crippen molar-refractivity contribution in [1.82, 2.24) is 10.2 Å². The van der Waals surface area contributed by atoms with E-state index < -0.39 is 22.9 Å². The second kappa shape index (κ2) is 10.6. The fourth-order valence-electron chi connectivity index (χ4n) is 4.04. The number of hydrogen-bond donors (Lipinski definition) is 2. The summed E-state index contributed by atoms with van der Waals surface area (Å²) in [6.07, 6.45) is 3.25. The Labute approximate surface area is 204 Å². The molecule has 0 spiro atoms. The second-order valence-corrected chi connectivity index (χ2v) is 8.71. The summed E-state index contributed by atoms with van der Waals surface area (Å²) in [7, 11) is 0. The molecule has 0 aliphatic heterocycles. The fraction of sp³-hybridized carbons (Fsp3) is 0.111. The van der Waals surface area contributed by atoms with E-state index in [1.165, 1.54) is 6.07 Å². The average molecular weight is 491 g/mol.